The van der Waals surface area contributed by atoms with Gasteiger partial charge in [0.15, 0.2) is 0 Å². The highest BCUT2D eigenvalue weighted by Crippen LogP contribution is 2.41. The van der Waals surface area contributed by atoms with Crippen molar-refractivity contribution in [2.75, 3.05) is 4.90 Å². The molecule has 0 saturated carbocycles. The van der Waals surface area contributed by atoms with Crippen molar-refractivity contribution in [1.29, 1.82) is 0 Å². The summed E-state index contributed by atoms with van der Waals surface area (Å²) in [6, 6.07) is 80.1. The third-order valence-electron chi connectivity index (χ3n) is 12.1. The van der Waals surface area contributed by atoms with Crippen LogP contribution in [0.3, 0.4) is 0 Å². The van der Waals surface area contributed by atoms with E-state index in [0.717, 1.165) is 83.2 Å². The Kier molecular flexibility index (Phi) is 8.17. The van der Waals surface area contributed by atoms with Crippen molar-refractivity contribution in [3.8, 4) is 44.5 Å². The average molecular weight is 780 g/mol. The Hall–Kier alpha value is -8.14. The lowest BCUT2D eigenvalue weighted by atomic mass is 9.97. The zero-order valence-electron chi connectivity index (χ0n) is 33.1. The van der Waals surface area contributed by atoms with Gasteiger partial charge < -0.3 is 13.7 Å². The average Bonchev–Trinajstić information content (AvgIpc) is 3.91. The molecule has 0 aliphatic rings. The Bertz CT molecular complexity index is 3580. The van der Waals surface area contributed by atoms with E-state index in [2.05, 4.69) is 205 Å². The largest absolute Gasteiger partial charge is 0.456 e. The summed E-state index contributed by atoms with van der Waals surface area (Å²) < 4.78 is 12.5. The van der Waals surface area contributed by atoms with E-state index < -0.39 is 0 Å². The lowest BCUT2D eigenvalue weighted by Crippen LogP contribution is -2.09. The molecule has 0 aliphatic carbocycles. The van der Waals surface area contributed by atoms with E-state index in [1.54, 1.807) is 0 Å². The van der Waals surface area contributed by atoms with Crippen LogP contribution in [0.25, 0.3) is 99.2 Å². The quantitative estimate of drug-likeness (QED) is 0.161. The highest BCUT2D eigenvalue weighted by atomic mass is 16.3. The highest BCUT2D eigenvalue weighted by Gasteiger charge is 2.17. The molecule has 286 valence electrons. The normalized spacial score (nSPS) is 11.6. The highest BCUT2D eigenvalue weighted by molar-refractivity contribution is 6.12. The summed E-state index contributed by atoms with van der Waals surface area (Å²) in [7, 11) is 0. The van der Waals surface area contributed by atoms with Crippen LogP contribution in [-0.2, 0) is 0 Å². The standard InChI is InChI=1S/C58H37NO2/c1-2-10-42-36-45(20-19-38(42)9-1)44-12-7-11-43(35-44)39-21-28-47(29-22-39)59(48-30-23-40(24-31-48)46-27-34-52-51-13-3-5-16-54(51)61-57(52)37-46)49-32-25-41(26-33-49)50-15-8-18-56-58(50)53-14-4-6-17-55(53)60-56/h1-37H. The van der Waals surface area contributed by atoms with Gasteiger partial charge >= 0.3 is 0 Å². The van der Waals surface area contributed by atoms with E-state index in [-0.39, 0.29) is 0 Å². The van der Waals surface area contributed by atoms with E-state index in [1.807, 2.05) is 24.3 Å². The number of anilines is 3. The minimum Gasteiger partial charge on any atom is -0.456 e. The van der Waals surface area contributed by atoms with E-state index in [9.17, 15) is 0 Å². The van der Waals surface area contributed by atoms with Crippen LogP contribution in [-0.4, -0.2) is 0 Å². The number of furan rings is 2. The molecule has 0 amide bonds. The molecule has 0 unspecified atom stereocenters. The van der Waals surface area contributed by atoms with Gasteiger partial charge in [-0.3, -0.25) is 0 Å². The molecule has 0 fully saturated rings. The van der Waals surface area contributed by atoms with Crippen molar-refractivity contribution in [1.82, 2.24) is 0 Å². The molecule has 10 aromatic carbocycles. The molecule has 0 radical (unpaired) electrons. The van der Waals surface area contributed by atoms with Gasteiger partial charge in [-0.05, 0) is 134 Å². The second-order valence-electron chi connectivity index (χ2n) is 15.7. The van der Waals surface area contributed by atoms with Crippen molar-refractivity contribution >= 4 is 71.7 Å². The van der Waals surface area contributed by atoms with E-state index in [4.69, 9.17) is 8.83 Å². The monoisotopic (exact) mass is 779 g/mol. The number of hydrogen-bond acceptors (Lipinski definition) is 3. The first kappa shape index (κ1) is 34.9. The van der Waals surface area contributed by atoms with Crippen molar-refractivity contribution in [3.05, 3.63) is 224 Å². The first-order valence-corrected chi connectivity index (χ1v) is 20.7. The predicted octanol–water partition coefficient (Wildman–Crippen LogP) is 16.8. The Morgan fingerprint density at radius 2 is 0.738 bits per heavy atom. The molecule has 3 nitrogen and oxygen atoms in total. The lowest BCUT2D eigenvalue weighted by Gasteiger charge is -2.26. The van der Waals surface area contributed by atoms with Crippen molar-refractivity contribution in [2.24, 2.45) is 0 Å². The zero-order valence-corrected chi connectivity index (χ0v) is 33.1. The van der Waals surface area contributed by atoms with Crippen LogP contribution >= 0.6 is 0 Å². The summed E-state index contributed by atoms with van der Waals surface area (Å²) in [5.41, 5.74) is 16.1. The summed E-state index contributed by atoms with van der Waals surface area (Å²) in [5.74, 6) is 0. The Labute approximate surface area is 353 Å². The molecule has 0 atom stereocenters. The van der Waals surface area contributed by atoms with Crippen LogP contribution in [0.5, 0.6) is 0 Å². The molecule has 2 aromatic heterocycles. The van der Waals surface area contributed by atoms with Crippen LogP contribution in [0.4, 0.5) is 17.1 Å². The van der Waals surface area contributed by atoms with Gasteiger partial charge in [0.2, 0.25) is 0 Å². The first-order chi connectivity index (χ1) is 30.2. The number of rotatable bonds is 7. The molecular weight excluding hydrogens is 743 g/mol. The first-order valence-electron chi connectivity index (χ1n) is 20.7. The fourth-order valence-electron chi connectivity index (χ4n) is 9.01. The summed E-state index contributed by atoms with van der Waals surface area (Å²) in [5, 5.41) is 7.03. The van der Waals surface area contributed by atoms with Gasteiger partial charge in [0, 0.05) is 38.6 Å². The van der Waals surface area contributed by atoms with Gasteiger partial charge in [-0.25, -0.2) is 0 Å². The smallest absolute Gasteiger partial charge is 0.136 e. The number of nitrogens with zero attached hydrogens (tertiary/aromatic N) is 1. The van der Waals surface area contributed by atoms with E-state index in [0.29, 0.717) is 0 Å². The van der Waals surface area contributed by atoms with Crippen LogP contribution < -0.4 is 4.90 Å². The maximum absolute atomic E-state index is 6.25. The van der Waals surface area contributed by atoms with Crippen LogP contribution in [0.15, 0.2) is 233 Å². The molecule has 0 N–H and O–H groups in total. The number of fused-ring (bicyclic) bond motifs is 7. The minimum absolute atomic E-state index is 0.895. The van der Waals surface area contributed by atoms with Gasteiger partial charge in [0.05, 0.1) is 0 Å². The molecule has 0 aliphatic heterocycles. The van der Waals surface area contributed by atoms with Gasteiger partial charge in [-0.1, -0.05) is 146 Å². The molecule has 0 spiro atoms. The maximum Gasteiger partial charge on any atom is 0.136 e. The van der Waals surface area contributed by atoms with Gasteiger partial charge in [-0.15, -0.1) is 0 Å². The SMILES string of the molecule is c1cc(-c2ccc(N(c3ccc(-c4ccc5c(c4)oc4ccccc45)cc3)c3ccc(-c4cccc5oc6ccccc6c45)cc3)cc2)cc(-c2ccc3ccccc3c2)c1. The van der Waals surface area contributed by atoms with E-state index >= 15 is 0 Å². The third kappa shape index (κ3) is 6.14. The summed E-state index contributed by atoms with van der Waals surface area (Å²) >= 11 is 0. The maximum atomic E-state index is 6.25. The number of para-hydroxylation sites is 2. The molecule has 12 rings (SSSR count). The molecule has 61 heavy (non-hydrogen) atoms. The summed E-state index contributed by atoms with van der Waals surface area (Å²) in [6.45, 7) is 0. The third-order valence-corrected chi connectivity index (χ3v) is 12.1. The molecule has 2 heterocycles. The Morgan fingerprint density at radius 1 is 0.262 bits per heavy atom. The summed E-state index contributed by atoms with van der Waals surface area (Å²) in [6.07, 6.45) is 0. The molecule has 0 saturated heterocycles. The van der Waals surface area contributed by atoms with Crippen molar-refractivity contribution in [2.45, 2.75) is 0 Å². The van der Waals surface area contributed by atoms with E-state index in [1.165, 1.54) is 33.0 Å². The van der Waals surface area contributed by atoms with Crippen molar-refractivity contribution < 1.29 is 8.83 Å². The molecule has 3 heteroatoms. The molecule has 0 bridgehead atoms. The van der Waals surface area contributed by atoms with Gasteiger partial charge in [-0.2, -0.15) is 0 Å². The van der Waals surface area contributed by atoms with Crippen LogP contribution in [0, 0.1) is 0 Å². The molecular formula is C58H37NO2. The zero-order chi connectivity index (χ0) is 40.3. The Morgan fingerprint density at radius 3 is 1.46 bits per heavy atom. The lowest BCUT2D eigenvalue weighted by molar-refractivity contribution is 0.668. The van der Waals surface area contributed by atoms with Gasteiger partial charge in [0.25, 0.3) is 0 Å². The topological polar surface area (TPSA) is 29.5 Å². The fraction of sp³-hybridized carbons (Fsp3) is 0. The van der Waals surface area contributed by atoms with Gasteiger partial charge in [0.1, 0.15) is 22.3 Å². The second-order valence-corrected chi connectivity index (χ2v) is 15.7. The molecule has 12 aromatic rings. The number of benzene rings is 10. The second kappa shape index (κ2) is 14.3. The summed E-state index contributed by atoms with van der Waals surface area (Å²) in [4.78, 5) is 2.33. The van der Waals surface area contributed by atoms with Crippen molar-refractivity contribution in [3.63, 3.8) is 0 Å². The van der Waals surface area contributed by atoms with Crippen LogP contribution in [0.1, 0.15) is 0 Å². The van der Waals surface area contributed by atoms with Crippen LogP contribution in [0.2, 0.25) is 0 Å². The number of hydrogen-bond donors (Lipinski definition) is 0. The predicted molar refractivity (Wildman–Crippen MR) is 255 cm³/mol. The fourth-order valence-corrected chi connectivity index (χ4v) is 9.01. The Balaban J connectivity index is 0.914. The minimum atomic E-state index is 0.895.